The zero-order chi connectivity index (χ0) is 20.9. The predicted octanol–water partition coefficient (Wildman–Crippen LogP) is 1.45. The van der Waals surface area contributed by atoms with Crippen molar-refractivity contribution in [3.63, 3.8) is 0 Å². The van der Waals surface area contributed by atoms with Gasteiger partial charge in [-0.3, -0.25) is 19.6 Å². The maximum absolute atomic E-state index is 12.6. The van der Waals surface area contributed by atoms with E-state index in [4.69, 9.17) is 0 Å². The smallest absolute Gasteiger partial charge is 0.266 e. The van der Waals surface area contributed by atoms with E-state index < -0.39 is 15.9 Å². The molecular formula is C21H20N4O4S. The molecule has 9 heteroatoms. The Labute approximate surface area is 173 Å². The van der Waals surface area contributed by atoms with Crippen molar-refractivity contribution in [2.45, 2.75) is 43.5 Å². The molecule has 2 aromatic carbocycles. The Morgan fingerprint density at radius 1 is 1.00 bits per heavy atom. The topological polar surface area (TPSA) is 110 Å². The van der Waals surface area contributed by atoms with Gasteiger partial charge in [0.15, 0.2) is 0 Å². The third-order valence-electron chi connectivity index (χ3n) is 5.76. The average molecular weight is 424 g/mol. The molecule has 1 aliphatic carbocycles. The summed E-state index contributed by atoms with van der Waals surface area (Å²) in [5.41, 5.74) is 4.99. The van der Waals surface area contributed by atoms with Gasteiger partial charge in [0.1, 0.15) is 5.82 Å². The number of hydrogen-bond acceptors (Lipinski definition) is 5. The first-order chi connectivity index (χ1) is 14.4. The van der Waals surface area contributed by atoms with Gasteiger partial charge in [0.25, 0.3) is 21.5 Å². The number of hydrazine groups is 1. The summed E-state index contributed by atoms with van der Waals surface area (Å²) in [6.07, 6.45) is 4.44. The summed E-state index contributed by atoms with van der Waals surface area (Å²) in [6, 6.07) is 9.59. The summed E-state index contributed by atoms with van der Waals surface area (Å²) < 4.78 is 26.8. The van der Waals surface area contributed by atoms with Crippen molar-refractivity contribution in [2.75, 3.05) is 0 Å². The van der Waals surface area contributed by atoms with Crippen LogP contribution < -0.4 is 15.8 Å². The number of aryl methyl sites for hydroxylation is 3. The predicted molar refractivity (Wildman–Crippen MR) is 111 cm³/mol. The molecule has 0 atom stereocenters. The Kier molecular flexibility index (Phi) is 4.44. The van der Waals surface area contributed by atoms with Crippen LogP contribution in [0.4, 0.5) is 0 Å². The number of rotatable bonds is 4. The van der Waals surface area contributed by atoms with Crippen molar-refractivity contribution in [3.05, 3.63) is 69.3 Å². The zero-order valence-corrected chi connectivity index (χ0v) is 17.0. The van der Waals surface area contributed by atoms with Crippen LogP contribution in [0.15, 0.2) is 46.1 Å². The molecule has 0 saturated heterocycles. The summed E-state index contributed by atoms with van der Waals surface area (Å²) in [5, 5.41) is 0.441. The lowest BCUT2D eigenvalue weighted by molar-refractivity contribution is 0.0945. The Morgan fingerprint density at radius 2 is 1.83 bits per heavy atom. The van der Waals surface area contributed by atoms with Gasteiger partial charge in [0.2, 0.25) is 0 Å². The van der Waals surface area contributed by atoms with E-state index in [1.165, 1.54) is 17.7 Å². The van der Waals surface area contributed by atoms with E-state index >= 15 is 0 Å². The van der Waals surface area contributed by atoms with Crippen LogP contribution in [-0.2, 0) is 35.8 Å². The maximum atomic E-state index is 12.6. The van der Waals surface area contributed by atoms with Crippen LogP contribution in [0.1, 0.15) is 40.2 Å². The Morgan fingerprint density at radius 3 is 2.70 bits per heavy atom. The molecule has 1 aliphatic heterocycles. The van der Waals surface area contributed by atoms with Gasteiger partial charge in [-0.25, -0.2) is 13.4 Å². The quantitative estimate of drug-likeness (QED) is 0.616. The number of benzene rings is 2. The van der Waals surface area contributed by atoms with E-state index in [0.29, 0.717) is 23.3 Å². The number of carbonyl (C=O) groups is 1. The highest BCUT2D eigenvalue weighted by atomic mass is 32.2. The van der Waals surface area contributed by atoms with E-state index in [9.17, 15) is 18.0 Å². The summed E-state index contributed by atoms with van der Waals surface area (Å²) in [4.78, 5) is 31.8. The van der Waals surface area contributed by atoms with Crippen LogP contribution in [0.5, 0.6) is 0 Å². The molecule has 5 rings (SSSR count). The fourth-order valence-corrected chi connectivity index (χ4v) is 5.07. The number of nitrogens with zero attached hydrogens (tertiary/aromatic N) is 2. The second-order valence-corrected chi connectivity index (χ2v) is 9.35. The molecular weight excluding hydrogens is 404 g/mol. The molecule has 1 aromatic heterocycles. The second kappa shape index (κ2) is 7.03. The molecule has 154 valence electrons. The summed E-state index contributed by atoms with van der Waals surface area (Å²) in [7, 11) is -3.89. The van der Waals surface area contributed by atoms with Crippen LogP contribution in [0, 0.1) is 0 Å². The van der Waals surface area contributed by atoms with Gasteiger partial charge >= 0.3 is 0 Å². The highest BCUT2D eigenvalue weighted by molar-refractivity contribution is 7.89. The van der Waals surface area contributed by atoms with E-state index in [0.717, 1.165) is 37.7 Å². The van der Waals surface area contributed by atoms with Crippen molar-refractivity contribution in [1.29, 1.82) is 0 Å². The first-order valence-electron chi connectivity index (χ1n) is 9.90. The zero-order valence-electron chi connectivity index (χ0n) is 16.1. The molecule has 2 heterocycles. The Balaban J connectivity index is 1.37. The number of amides is 1. The van der Waals surface area contributed by atoms with Crippen LogP contribution >= 0.6 is 0 Å². The fourth-order valence-electron chi connectivity index (χ4n) is 4.18. The van der Waals surface area contributed by atoms with Gasteiger partial charge in [0.05, 0.1) is 15.8 Å². The lowest BCUT2D eigenvalue weighted by Gasteiger charge is -2.10. The number of carbonyl (C=O) groups excluding carboxylic acids is 1. The first-order valence-corrected chi connectivity index (χ1v) is 11.4. The Hall–Kier alpha value is -3.04. The largest absolute Gasteiger partial charge is 0.296 e. The minimum Gasteiger partial charge on any atom is -0.296 e. The minimum atomic E-state index is -3.89. The van der Waals surface area contributed by atoms with Crippen LogP contribution in [0.3, 0.4) is 0 Å². The minimum absolute atomic E-state index is 0.114. The van der Waals surface area contributed by atoms with Crippen LogP contribution in [0.25, 0.3) is 10.9 Å². The highest BCUT2D eigenvalue weighted by Gasteiger charge is 2.20. The van der Waals surface area contributed by atoms with Gasteiger partial charge < -0.3 is 0 Å². The summed E-state index contributed by atoms with van der Waals surface area (Å²) in [5.74, 6) is 0.0893. The molecule has 0 unspecified atom stereocenters. The molecule has 0 saturated carbocycles. The first kappa shape index (κ1) is 19.0. The standard InChI is InChI=1S/C21H20N4O4S/c26-20(23-24-30(28,29)16-8-6-13-3-1-4-14(13)11-16)15-7-9-17-18(12-15)22-19-5-2-10-25(19)21(17)27/h6-9,11-12,24H,1-5,10H2,(H,23,26). The lowest BCUT2D eigenvalue weighted by atomic mass is 10.1. The van der Waals surface area contributed by atoms with E-state index in [2.05, 4.69) is 15.2 Å². The summed E-state index contributed by atoms with van der Waals surface area (Å²) in [6.45, 7) is 0.657. The van der Waals surface area contributed by atoms with Gasteiger partial charge in [-0.2, -0.15) is 0 Å². The van der Waals surface area contributed by atoms with E-state index in [1.54, 1.807) is 22.8 Å². The molecule has 3 aromatic rings. The number of fused-ring (bicyclic) bond motifs is 3. The Bertz CT molecular complexity index is 1360. The SMILES string of the molecule is O=C(NNS(=O)(=O)c1ccc2c(c1)CCC2)c1ccc2c(=O)n3c(nc2c1)CCC3. The second-order valence-electron chi connectivity index (χ2n) is 7.66. The van der Waals surface area contributed by atoms with Crippen LogP contribution in [-0.4, -0.2) is 23.9 Å². The van der Waals surface area contributed by atoms with Crippen molar-refractivity contribution < 1.29 is 13.2 Å². The fraction of sp³-hybridized carbons (Fsp3) is 0.286. The van der Waals surface area contributed by atoms with E-state index in [-0.39, 0.29) is 16.0 Å². The van der Waals surface area contributed by atoms with Gasteiger partial charge in [-0.1, -0.05) is 6.07 Å². The van der Waals surface area contributed by atoms with Crippen molar-refractivity contribution in [3.8, 4) is 0 Å². The molecule has 2 aliphatic rings. The van der Waals surface area contributed by atoms with Crippen molar-refractivity contribution in [1.82, 2.24) is 19.8 Å². The van der Waals surface area contributed by atoms with Crippen molar-refractivity contribution >= 4 is 26.8 Å². The van der Waals surface area contributed by atoms with Gasteiger partial charge in [0, 0.05) is 18.5 Å². The van der Waals surface area contributed by atoms with Crippen LogP contribution in [0.2, 0.25) is 0 Å². The molecule has 2 N–H and O–H groups in total. The maximum Gasteiger partial charge on any atom is 0.266 e. The number of sulfonamides is 1. The number of aromatic nitrogens is 2. The molecule has 8 nitrogen and oxygen atoms in total. The molecule has 1 amide bonds. The molecule has 0 fully saturated rings. The third kappa shape index (κ3) is 3.20. The molecule has 0 spiro atoms. The third-order valence-corrected chi connectivity index (χ3v) is 7.00. The number of nitrogens with one attached hydrogen (secondary N) is 2. The van der Waals surface area contributed by atoms with Crippen molar-refractivity contribution in [2.24, 2.45) is 0 Å². The lowest BCUT2D eigenvalue weighted by Crippen LogP contribution is -2.41. The monoisotopic (exact) mass is 424 g/mol. The highest BCUT2D eigenvalue weighted by Crippen LogP contribution is 2.24. The summed E-state index contributed by atoms with van der Waals surface area (Å²) >= 11 is 0. The molecule has 0 bridgehead atoms. The van der Waals surface area contributed by atoms with Gasteiger partial charge in [-0.05, 0) is 67.1 Å². The molecule has 30 heavy (non-hydrogen) atoms. The normalized spacial score (nSPS) is 15.2. The van der Waals surface area contributed by atoms with Gasteiger partial charge in [-0.15, -0.1) is 4.83 Å². The number of hydrogen-bond donors (Lipinski definition) is 2. The van der Waals surface area contributed by atoms with E-state index in [1.807, 2.05) is 6.07 Å². The molecule has 0 radical (unpaired) electrons. The average Bonchev–Trinajstić information content (AvgIpc) is 3.40.